The summed E-state index contributed by atoms with van der Waals surface area (Å²) in [5, 5.41) is 7.11. The van der Waals surface area contributed by atoms with E-state index in [0.29, 0.717) is 12.8 Å². The molecular weight excluding hydrogens is 167 g/mol. The number of hydrogen-bond acceptors (Lipinski definition) is 1. The first-order valence-corrected chi connectivity index (χ1v) is 3.68. The smallest absolute Gasteiger partial charge is 0.100 e. The van der Waals surface area contributed by atoms with Gasteiger partial charge < -0.3 is 5.73 Å². The third-order valence-corrected chi connectivity index (χ3v) is 2.10. The molecule has 0 amide bonds. The van der Waals surface area contributed by atoms with Crippen molar-refractivity contribution in [2.75, 3.05) is 0 Å². The molecule has 4 heteroatoms. The predicted molar refractivity (Wildman–Crippen MR) is 46.0 cm³/mol. The molecule has 1 saturated carbocycles. The van der Waals surface area contributed by atoms with Gasteiger partial charge in [-0.1, -0.05) is 0 Å². The molecule has 66 valence electrons. The van der Waals surface area contributed by atoms with E-state index < -0.39 is 6.17 Å². The fourth-order valence-corrected chi connectivity index (χ4v) is 1.36. The molecule has 2 nitrogen and oxygen atoms in total. The van der Waals surface area contributed by atoms with Gasteiger partial charge in [-0.3, -0.25) is 5.41 Å². The quantitative estimate of drug-likeness (QED) is 0.470. The molecular formula is C7H14ClFN2. The Bertz CT molecular complexity index is 132. The average Bonchev–Trinajstić information content (AvgIpc) is 1.88. The second-order valence-electron chi connectivity index (χ2n) is 2.90. The Kier molecular flexibility index (Phi) is 4.42. The zero-order chi connectivity index (χ0) is 7.56. The maximum atomic E-state index is 12.5. The number of halogens is 2. The van der Waals surface area contributed by atoms with Gasteiger partial charge in [-0.25, -0.2) is 4.39 Å². The second-order valence-corrected chi connectivity index (χ2v) is 2.90. The summed E-state index contributed by atoms with van der Waals surface area (Å²) in [5.41, 5.74) is 5.27. The zero-order valence-electron chi connectivity index (χ0n) is 6.35. The summed E-state index contributed by atoms with van der Waals surface area (Å²) in [6.07, 6.45) is 2.05. The normalized spacial score (nSPS) is 30.6. The third-order valence-electron chi connectivity index (χ3n) is 2.10. The van der Waals surface area contributed by atoms with Crippen LogP contribution in [-0.4, -0.2) is 12.0 Å². The molecule has 0 aromatic heterocycles. The van der Waals surface area contributed by atoms with Gasteiger partial charge in [0.1, 0.15) is 6.17 Å². The molecule has 0 aromatic carbocycles. The van der Waals surface area contributed by atoms with E-state index in [1.807, 2.05) is 0 Å². The highest BCUT2D eigenvalue weighted by molar-refractivity contribution is 5.85. The van der Waals surface area contributed by atoms with Crippen LogP contribution in [-0.2, 0) is 0 Å². The highest BCUT2D eigenvalue weighted by Gasteiger charge is 2.21. The first-order chi connectivity index (χ1) is 4.70. The van der Waals surface area contributed by atoms with Gasteiger partial charge in [0.2, 0.25) is 0 Å². The van der Waals surface area contributed by atoms with Crippen molar-refractivity contribution in [1.82, 2.24) is 0 Å². The van der Waals surface area contributed by atoms with Crippen molar-refractivity contribution < 1.29 is 4.39 Å². The van der Waals surface area contributed by atoms with E-state index in [9.17, 15) is 4.39 Å². The molecule has 11 heavy (non-hydrogen) atoms. The molecule has 0 heterocycles. The zero-order valence-corrected chi connectivity index (χ0v) is 7.16. The van der Waals surface area contributed by atoms with Crippen molar-refractivity contribution in [3.63, 3.8) is 0 Å². The van der Waals surface area contributed by atoms with Crippen molar-refractivity contribution in [2.45, 2.75) is 31.9 Å². The van der Waals surface area contributed by atoms with Crippen LogP contribution < -0.4 is 5.73 Å². The van der Waals surface area contributed by atoms with E-state index in [0.717, 1.165) is 12.8 Å². The highest BCUT2D eigenvalue weighted by atomic mass is 35.5. The Labute approximate surface area is 72.3 Å². The Balaban J connectivity index is 0.000001000. The number of nitrogens with one attached hydrogen (secondary N) is 1. The highest BCUT2D eigenvalue weighted by Crippen LogP contribution is 2.25. The predicted octanol–water partition coefficient (Wildman–Crippen LogP) is 1.87. The lowest BCUT2D eigenvalue weighted by atomic mass is 9.87. The summed E-state index contributed by atoms with van der Waals surface area (Å²) in [6.45, 7) is 0. The largest absolute Gasteiger partial charge is 0.387 e. The molecule has 1 fully saturated rings. The minimum absolute atomic E-state index is 0. The van der Waals surface area contributed by atoms with Gasteiger partial charge in [-0.2, -0.15) is 0 Å². The summed E-state index contributed by atoms with van der Waals surface area (Å²) < 4.78 is 12.5. The molecule has 0 atom stereocenters. The second kappa shape index (κ2) is 4.54. The van der Waals surface area contributed by atoms with E-state index in [2.05, 4.69) is 0 Å². The molecule has 0 unspecified atom stereocenters. The Morgan fingerprint density at radius 2 is 1.73 bits per heavy atom. The average molecular weight is 181 g/mol. The van der Waals surface area contributed by atoms with Gasteiger partial charge in [0.15, 0.2) is 0 Å². The number of hydrogen-bond donors (Lipinski definition) is 2. The Morgan fingerprint density at radius 3 is 2.09 bits per heavy atom. The van der Waals surface area contributed by atoms with Crippen LogP contribution >= 0.6 is 12.4 Å². The molecule has 1 aliphatic rings. The van der Waals surface area contributed by atoms with E-state index in [1.165, 1.54) is 0 Å². The van der Waals surface area contributed by atoms with Gasteiger partial charge in [-0.05, 0) is 25.7 Å². The monoisotopic (exact) mass is 180 g/mol. The van der Waals surface area contributed by atoms with Gasteiger partial charge in [0, 0.05) is 5.92 Å². The summed E-state index contributed by atoms with van der Waals surface area (Å²) in [5.74, 6) is 0.388. The Hall–Kier alpha value is -0.310. The van der Waals surface area contributed by atoms with Gasteiger partial charge >= 0.3 is 0 Å². The molecule has 0 bridgehead atoms. The van der Waals surface area contributed by atoms with E-state index in [-0.39, 0.29) is 24.2 Å². The lowest BCUT2D eigenvalue weighted by molar-refractivity contribution is 0.232. The standard InChI is InChI=1S/C7H13FN2.ClH/c8-6-3-1-5(2-4-6)7(9)10;/h5-6H,1-4H2,(H3,9,10);1H. The van der Waals surface area contributed by atoms with Gasteiger partial charge in [-0.15, -0.1) is 12.4 Å². The molecule has 0 aliphatic heterocycles. The molecule has 0 aromatic rings. The van der Waals surface area contributed by atoms with Crippen LogP contribution in [0.15, 0.2) is 0 Å². The first-order valence-electron chi connectivity index (χ1n) is 3.68. The minimum atomic E-state index is -0.643. The molecule has 0 spiro atoms. The maximum absolute atomic E-state index is 12.5. The van der Waals surface area contributed by atoms with Crippen LogP contribution in [0.5, 0.6) is 0 Å². The minimum Gasteiger partial charge on any atom is -0.387 e. The van der Waals surface area contributed by atoms with E-state index in [1.54, 1.807) is 0 Å². The fraction of sp³-hybridized carbons (Fsp3) is 0.857. The fourth-order valence-electron chi connectivity index (χ4n) is 1.36. The number of alkyl halides is 1. The van der Waals surface area contributed by atoms with Crippen LogP contribution in [0.25, 0.3) is 0 Å². The topological polar surface area (TPSA) is 49.9 Å². The molecule has 0 saturated heterocycles. The maximum Gasteiger partial charge on any atom is 0.100 e. The van der Waals surface area contributed by atoms with Crippen molar-refractivity contribution in [3.05, 3.63) is 0 Å². The summed E-state index contributed by atoms with van der Waals surface area (Å²) in [7, 11) is 0. The molecule has 1 aliphatic carbocycles. The SMILES string of the molecule is Cl.N=C(N)C1CCC(F)CC1. The van der Waals surface area contributed by atoms with Gasteiger partial charge in [0.25, 0.3) is 0 Å². The van der Waals surface area contributed by atoms with Crippen molar-refractivity contribution >= 4 is 18.2 Å². The Morgan fingerprint density at radius 1 is 1.27 bits per heavy atom. The van der Waals surface area contributed by atoms with E-state index >= 15 is 0 Å². The van der Waals surface area contributed by atoms with Crippen molar-refractivity contribution in [2.24, 2.45) is 11.7 Å². The number of amidine groups is 1. The van der Waals surface area contributed by atoms with Crippen LogP contribution in [0.4, 0.5) is 4.39 Å². The summed E-state index contributed by atoms with van der Waals surface area (Å²) in [6, 6.07) is 0. The summed E-state index contributed by atoms with van der Waals surface area (Å²) in [4.78, 5) is 0. The number of rotatable bonds is 1. The van der Waals surface area contributed by atoms with Crippen molar-refractivity contribution in [3.8, 4) is 0 Å². The van der Waals surface area contributed by atoms with Crippen LogP contribution in [0.1, 0.15) is 25.7 Å². The molecule has 3 N–H and O–H groups in total. The molecule has 0 radical (unpaired) electrons. The van der Waals surface area contributed by atoms with Crippen LogP contribution in [0, 0.1) is 11.3 Å². The summed E-state index contributed by atoms with van der Waals surface area (Å²) >= 11 is 0. The number of nitrogens with two attached hydrogens (primary N) is 1. The first kappa shape index (κ1) is 10.7. The third kappa shape index (κ3) is 3.06. The van der Waals surface area contributed by atoms with Crippen LogP contribution in [0.3, 0.4) is 0 Å². The van der Waals surface area contributed by atoms with E-state index in [4.69, 9.17) is 11.1 Å². The van der Waals surface area contributed by atoms with Gasteiger partial charge in [0.05, 0.1) is 5.84 Å². The lowest BCUT2D eigenvalue weighted by Gasteiger charge is -2.22. The van der Waals surface area contributed by atoms with Crippen molar-refractivity contribution in [1.29, 1.82) is 5.41 Å². The molecule has 1 rings (SSSR count). The lowest BCUT2D eigenvalue weighted by Crippen LogP contribution is -2.27. The van der Waals surface area contributed by atoms with Crippen LogP contribution in [0.2, 0.25) is 0 Å².